The van der Waals surface area contributed by atoms with Gasteiger partial charge in [0.1, 0.15) is 5.75 Å². The molecule has 0 aromatic heterocycles. The third-order valence-electron chi connectivity index (χ3n) is 2.48. The van der Waals surface area contributed by atoms with E-state index in [1.54, 1.807) is 0 Å². The lowest BCUT2D eigenvalue weighted by Gasteiger charge is -2.11. The topological polar surface area (TPSA) is 35.2 Å². The van der Waals surface area contributed by atoms with Crippen molar-refractivity contribution in [2.45, 2.75) is 13.8 Å². The molecular formula is C14H14ClNO. The molecule has 0 unspecified atom stereocenters. The number of halogens is 1. The Morgan fingerprint density at radius 1 is 0.941 bits per heavy atom. The van der Waals surface area contributed by atoms with Gasteiger partial charge in [0.15, 0.2) is 5.75 Å². The average molecular weight is 248 g/mol. The average Bonchev–Trinajstić information content (AvgIpc) is 2.28. The predicted octanol–water partition coefficient (Wildman–Crippen LogP) is 4.33. The van der Waals surface area contributed by atoms with E-state index in [1.165, 1.54) is 0 Å². The Labute approximate surface area is 106 Å². The summed E-state index contributed by atoms with van der Waals surface area (Å²) in [5.74, 6) is 1.27. The summed E-state index contributed by atoms with van der Waals surface area (Å²) in [6, 6.07) is 11.3. The second-order valence-corrected chi connectivity index (χ2v) is 4.48. The number of aryl methyl sites for hydroxylation is 2. The Hall–Kier alpha value is -1.67. The van der Waals surface area contributed by atoms with Crippen LogP contribution in [0.3, 0.4) is 0 Å². The molecule has 3 heteroatoms. The molecule has 0 saturated carbocycles. The zero-order valence-corrected chi connectivity index (χ0v) is 10.6. The Morgan fingerprint density at radius 3 is 2.24 bits per heavy atom. The van der Waals surface area contributed by atoms with Gasteiger partial charge in [-0.05, 0) is 49.2 Å². The van der Waals surface area contributed by atoms with Crippen LogP contribution in [-0.2, 0) is 0 Å². The van der Waals surface area contributed by atoms with Gasteiger partial charge in [-0.2, -0.15) is 0 Å². The first-order valence-electron chi connectivity index (χ1n) is 5.36. The molecule has 17 heavy (non-hydrogen) atoms. The number of nitrogens with two attached hydrogens (primary N) is 1. The summed E-state index contributed by atoms with van der Waals surface area (Å²) in [6.07, 6.45) is 0. The number of rotatable bonds is 2. The van der Waals surface area contributed by atoms with E-state index in [0.29, 0.717) is 22.2 Å². The highest BCUT2D eigenvalue weighted by Gasteiger charge is 2.06. The number of hydrogen-bond donors (Lipinski definition) is 1. The van der Waals surface area contributed by atoms with Crippen LogP contribution >= 0.6 is 11.6 Å². The molecule has 0 bridgehead atoms. The number of ether oxygens (including phenoxy) is 1. The quantitative estimate of drug-likeness (QED) is 0.802. The summed E-state index contributed by atoms with van der Waals surface area (Å²) in [5.41, 5.74) is 8.65. The van der Waals surface area contributed by atoms with Gasteiger partial charge in [0.25, 0.3) is 0 Å². The SMILES string of the molecule is Cc1ccc(N)c(Oc2cc(C)ccc2Cl)c1. The summed E-state index contributed by atoms with van der Waals surface area (Å²) in [6.45, 7) is 3.98. The molecule has 0 atom stereocenters. The monoisotopic (exact) mass is 247 g/mol. The van der Waals surface area contributed by atoms with Gasteiger partial charge >= 0.3 is 0 Å². The molecule has 0 spiro atoms. The minimum atomic E-state index is 0.580. The lowest BCUT2D eigenvalue weighted by Crippen LogP contribution is -1.93. The Morgan fingerprint density at radius 2 is 1.53 bits per heavy atom. The van der Waals surface area contributed by atoms with Crippen molar-refractivity contribution >= 4 is 17.3 Å². The van der Waals surface area contributed by atoms with Gasteiger partial charge in [-0.25, -0.2) is 0 Å². The molecule has 0 amide bonds. The van der Waals surface area contributed by atoms with Crippen LogP contribution in [0, 0.1) is 13.8 Å². The van der Waals surface area contributed by atoms with E-state index in [4.69, 9.17) is 22.1 Å². The summed E-state index contributed by atoms with van der Waals surface area (Å²) in [5, 5.41) is 0.580. The first-order valence-corrected chi connectivity index (χ1v) is 5.74. The van der Waals surface area contributed by atoms with E-state index in [9.17, 15) is 0 Å². The molecule has 88 valence electrons. The van der Waals surface area contributed by atoms with E-state index >= 15 is 0 Å². The van der Waals surface area contributed by atoms with Crippen molar-refractivity contribution in [3.05, 3.63) is 52.5 Å². The van der Waals surface area contributed by atoms with Crippen LogP contribution in [0.25, 0.3) is 0 Å². The van der Waals surface area contributed by atoms with Gasteiger partial charge < -0.3 is 10.5 Å². The fraction of sp³-hybridized carbons (Fsp3) is 0.143. The van der Waals surface area contributed by atoms with Gasteiger partial charge in [0.05, 0.1) is 10.7 Å². The van der Waals surface area contributed by atoms with Crippen molar-refractivity contribution in [2.75, 3.05) is 5.73 Å². The van der Waals surface area contributed by atoms with Crippen molar-refractivity contribution in [3.8, 4) is 11.5 Å². The van der Waals surface area contributed by atoms with Crippen molar-refractivity contribution in [1.82, 2.24) is 0 Å². The van der Waals surface area contributed by atoms with Gasteiger partial charge in [-0.15, -0.1) is 0 Å². The molecule has 0 aliphatic carbocycles. The summed E-state index contributed by atoms with van der Waals surface area (Å²) >= 11 is 6.07. The maximum atomic E-state index is 6.07. The molecule has 0 radical (unpaired) electrons. The van der Waals surface area contributed by atoms with Crippen molar-refractivity contribution in [1.29, 1.82) is 0 Å². The van der Waals surface area contributed by atoms with Crippen molar-refractivity contribution in [2.24, 2.45) is 0 Å². The number of hydrogen-bond acceptors (Lipinski definition) is 2. The summed E-state index contributed by atoms with van der Waals surface area (Å²) < 4.78 is 5.74. The Balaban J connectivity index is 2.37. The molecule has 2 aromatic carbocycles. The third-order valence-corrected chi connectivity index (χ3v) is 2.79. The molecule has 2 rings (SSSR count). The third kappa shape index (κ3) is 2.71. The molecular weight excluding hydrogens is 234 g/mol. The fourth-order valence-corrected chi connectivity index (χ4v) is 1.69. The minimum Gasteiger partial charge on any atom is -0.454 e. The van der Waals surface area contributed by atoms with Gasteiger partial charge in [0.2, 0.25) is 0 Å². The Kier molecular flexibility index (Phi) is 3.25. The summed E-state index contributed by atoms with van der Waals surface area (Å²) in [4.78, 5) is 0. The second kappa shape index (κ2) is 4.68. The van der Waals surface area contributed by atoms with Crippen molar-refractivity contribution in [3.63, 3.8) is 0 Å². The van der Waals surface area contributed by atoms with Crippen molar-refractivity contribution < 1.29 is 4.74 Å². The molecule has 2 N–H and O–H groups in total. The highest BCUT2D eigenvalue weighted by Crippen LogP contribution is 2.33. The molecule has 0 saturated heterocycles. The minimum absolute atomic E-state index is 0.580. The molecule has 2 aromatic rings. The van der Waals surface area contributed by atoms with Gasteiger partial charge in [0, 0.05) is 0 Å². The zero-order chi connectivity index (χ0) is 12.4. The normalized spacial score (nSPS) is 10.3. The van der Waals surface area contributed by atoms with Crippen LogP contribution < -0.4 is 10.5 Å². The first-order chi connectivity index (χ1) is 8.06. The molecule has 0 aliphatic rings. The van der Waals surface area contributed by atoms with Gasteiger partial charge in [-0.3, -0.25) is 0 Å². The van der Waals surface area contributed by atoms with Crippen LogP contribution in [-0.4, -0.2) is 0 Å². The predicted molar refractivity (Wildman–Crippen MR) is 71.9 cm³/mol. The number of anilines is 1. The van der Waals surface area contributed by atoms with Crippen LogP contribution in [0.2, 0.25) is 5.02 Å². The zero-order valence-electron chi connectivity index (χ0n) is 9.83. The van der Waals surface area contributed by atoms with E-state index in [1.807, 2.05) is 50.2 Å². The smallest absolute Gasteiger partial charge is 0.150 e. The molecule has 0 aliphatic heterocycles. The van der Waals surface area contributed by atoms with Crippen LogP contribution in [0.4, 0.5) is 5.69 Å². The lowest BCUT2D eigenvalue weighted by molar-refractivity contribution is 0.484. The molecule has 2 nitrogen and oxygen atoms in total. The molecule has 0 heterocycles. The van der Waals surface area contributed by atoms with E-state index in [0.717, 1.165) is 11.1 Å². The summed E-state index contributed by atoms with van der Waals surface area (Å²) in [7, 11) is 0. The maximum Gasteiger partial charge on any atom is 0.150 e. The Bertz CT molecular complexity index is 502. The largest absolute Gasteiger partial charge is 0.454 e. The van der Waals surface area contributed by atoms with Crippen LogP contribution in [0.5, 0.6) is 11.5 Å². The second-order valence-electron chi connectivity index (χ2n) is 4.08. The number of benzene rings is 2. The van der Waals surface area contributed by atoms with E-state index in [2.05, 4.69) is 0 Å². The number of nitrogen functional groups attached to an aromatic ring is 1. The standard InChI is InChI=1S/C14H14ClNO/c1-9-3-5-11(15)13(7-9)17-14-8-10(2)4-6-12(14)16/h3-8H,16H2,1-2H3. The van der Waals surface area contributed by atoms with E-state index in [-0.39, 0.29) is 0 Å². The van der Waals surface area contributed by atoms with Crippen LogP contribution in [0.1, 0.15) is 11.1 Å². The maximum absolute atomic E-state index is 6.07. The molecule has 0 fully saturated rings. The van der Waals surface area contributed by atoms with Crippen LogP contribution in [0.15, 0.2) is 36.4 Å². The van der Waals surface area contributed by atoms with E-state index < -0.39 is 0 Å². The highest BCUT2D eigenvalue weighted by atomic mass is 35.5. The lowest BCUT2D eigenvalue weighted by atomic mass is 10.2. The van der Waals surface area contributed by atoms with Gasteiger partial charge in [-0.1, -0.05) is 23.7 Å². The fourth-order valence-electron chi connectivity index (χ4n) is 1.54. The highest BCUT2D eigenvalue weighted by molar-refractivity contribution is 6.32. The first kappa shape index (κ1) is 11.8.